The number of allylic oxidation sites excluding steroid dienone is 11. The zero-order valence-electron chi connectivity index (χ0n) is 56.9. The van der Waals surface area contributed by atoms with E-state index in [0.29, 0.717) is 23.0 Å². The number of benzene rings is 4. The Balaban J connectivity index is 0.000000587. The molecule has 0 aliphatic rings. The molecular formula is C84H132O4. The van der Waals surface area contributed by atoms with Crippen LogP contribution in [-0.4, -0.2) is 20.4 Å². The molecule has 0 saturated carbocycles. The van der Waals surface area contributed by atoms with Crippen LogP contribution < -0.4 is 0 Å². The van der Waals surface area contributed by atoms with E-state index in [1.165, 1.54) is 266 Å². The standard InChI is InChI=1S/C21H36O.C21H34O.C21H32O.C21H30O/c4*1-2-3-4-5-6-7-8-9-10-11-12-13-14-16-20-17-15-18-21(22)19-20/h15,17-19,22H,2-14,16H2,1H3;7-8,15,17-19,22H,2-6,9-14,16H2,1H3;4-5,7-8,15,17-19,22H,2-3,6,9-14,16H2,1H3;2,4-5,7-8,15,17-19,22H,1,3,6,9-14,16H2/b;8-7+;2*5-4+,8-7+. The van der Waals surface area contributed by atoms with Gasteiger partial charge in [-0.15, -0.1) is 6.58 Å². The molecule has 0 aliphatic carbocycles. The van der Waals surface area contributed by atoms with E-state index in [1.807, 2.05) is 54.6 Å². The second-order valence-electron chi connectivity index (χ2n) is 24.6. The van der Waals surface area contributed by atoms with Crippen molar-refractivity contribution in [1.82, 2.24) is 0 Å². The first-order chi connectivity index (χ1) is 43.3. The van der Waals surface area contributed by atoms with Crippen molar-refractivity contribution in [1.29, 1.82) is 0 Å². The summed E-state index contributed by atoms with van der Waals surface area (Å²) < 4.78 is 0. The van der Waals surface area contributed by atoms with Gasteiger partial charge < -0.3 is 20.4 Å². The molecule has 4 aromatic rings. The van der Waals surface area contributed by atoms with Crippen LogP contribution in [-0.2, 0) is 25.7 Å². The van der Waals surface area contributed by atoms with Gasteiger partial charge in [-0.25, -0.2) is 0 Å². The van der Waals surface area contributed by atoms with Crippen molar-refractivity contribution in [2.45, 2.75) is 310 Å². The maximum Gasteiger partial charge on any atom is 0.115 e. The Morgan fingerprint density at radius 1 is 0.250 bits per heavy atom. The molecule has 4 heteroatoms. The summed E-state index contributed by atoms with van der Waals surface area (Å²) in [7, 11) is 0. The molecule has 0 bridgehead atoms. The van der Waals surface area contributed by atoms with Crippen LogP contribution in [0.3, 0.4) is 0 Å². The topological polar surface area (TPSA) is 80.9 Å². The van der Waals surface area contributed by atoms with Crippen molar-refractivity contribution in [2.24, 2.45) is 0 Å². The smallest absolute Gasteiger partial charge is 0.115 e. The van der Waals surface area contributed by atoms with Crippen LogP contribution in [0.25, 0.3) is 0 Å². The van der Waals surface area contributed by atoms with Crippen molar-refractivity contribution in [2.75, 3.05) is 0 Å². The lowest BCUT2D eigenvalue weighted by Crippen LogP contribution is -1.86. The number of unbranched alkanes of at least 4 members (excludes halogenated alkanes) is 32. The Kier molecular flexibility index (Phi) is 59.0. The molecule has 0 amide bonds. The van der Waals surface area contributed by atoms with E-state index in [2.05, 4.69) is 112 Å². The third kappa shape index (κ3) is 57.0. The minimum Gasteiger partial charge on any atom is -0.508 e. The summed E-state index contributed by atoms with van der Waals surface area (Å²) in [5, 5.41) is 37.6. The minimum atomic E-state index is 0.378. The molecule has 0 heterocycles. The number of phenols is 4. The van der Waals surface area contributed by atoms with Crippen LogP contribution in [0.4, 0.5) is 0 Å². The van der Waals surface area contributed by atoms with E-state index in [9.17, 15) is 20.4 Å². The normalized spacial score (nSPS) is 11.4. The zero-order chi connectivity index (χ0) is 63.5. The number of hydrogen-bond donors (Lipinski definition) is 4. The molecule has 88 heavy (non-hydrogen) atoms. The lowest BCUT2D eigenvalue weighted by atomic mass is 10.0. The molecule has 0 aromatic heterocycles. The summed E-state index contributed by atoms with van der Waals surface area (Å²) in [5.74, 6) is 1.55. The van der Waals surface area contributed by atoms with E-state index < -0.39 is 0 Å². The lowest BCUT2D eigenvalue weighted by molar-refractivity contribution is 0.473. The fraction of sp³-hybridized carbons (Fsp3) is 0.571. The summed E-state index contributed by atoms with van der Waals surface area (Å²) >= 11 is 0. The van der Waals surface area contributed by atoms with Crippen molar-refractivity contribution in [3.8, 4) is 23.0 Å². The van der Waals surface area contributed by atoms with E-state index in [1.54, 1.807) is 24.3 Å². The highest BCUT2D eigenvalue weighted by molar-refractivity contribution is 5.29. The van der Waals surface area contributed by atoms with Crippen LogP contribution in [0.15, 0.2) is 170 Å². The Morgan fingerprint density at radius 3 is 0.750 bits per heavy atom. The molecule has 0 radical (unpaired) electrons. The van der Waals surface area contributed by atoms with Crippen molar-refractivity contribution in [3.63, 3.8) is 0 Å². The zero-order valence-corrected chi connectivity index (χ0v) is 56.9. The van der Waals surface area contributed by atoms with Crippen LogP contribution in [0, 0.1) is 0 Å². The van der Waals surface area contributed by atoms with Gasteiger partial charge in [0.15, 0.2) is 0 Å². The average molecular weight is 1210 g/mol. The van der Waals surface area contributed by atoms with Gasteiger partial charge in [0, 0.05) is 0 Å². The van der Waals surface area contributed by atoms with Crippen molar-refractivity contribution >= 4 is 0 Å². The molecule has 0 saturated heterocycles. The van der Waals surface area contributed by atoms with Gasteiger partial charge in [0.2, 0.25) is 0 Å². The highest BCUT2D eigenvalue weighted by Gasteiger charge is 2.01. The van der Waals surface area contributed by atoms with Gasteiger partial charge in [-0.05, 0) is 199 Å². The molecular weight excluding hydrogens is 1070 g/mol. The van der Waals surface area contributed by atoms with Crippen LogP contribution >= 0.6 is 0 Å². The molecule has 492 valence electrons. The van der Waals surface area contributed by atoms with E-state index in [-0.39, 0.29) is 0 Å². The fourth-order valence-corrected chi connectivity index (χ4v) is 10.7. The molecule has 0 atom stereocenters. The third-order valence-corrected chi connectivity index (χ3v) is 16.1. The molecule has 4 nitrogen and oxygen atoms in total. The second-order valence-corrected chi connectivity index (χ2v) is 24.6. The largest absolute Gasteiger partial charge is 0.508 e. The summed E-state index contributed by atoms with van der Waals surface area (Å²) in [5.41, 5.74) is 5.01. The quantitative estimate of drug-likeness (QED) is 0.0262. The SMILES string of the molecule is C=CC/C=C/C/C=C/CCCCCCCc1cccc(O)c1.CCC/C=C/C/C=C/CCCCCCCc1cccc(O)c1.CCCCCC/C=C/CCCCCCCc1cccc(O)c1.CCCCCCCCCCCCCCCc1cccc(O)c1. The number of aryl methyl sites for hydroxylation is 4. The molecule has 0 aliphatic heterocycles. The van der Waals surface area contributed by atoms with E-state index in [0.717, 1.165) is 44.9 Å². The predicted octanol–water partition coefficient (Wildman–Crippen LogP) is 26.8. The van der Waals surface area contributed by atoms with Gasteiger partial charge in [0.05, 0.1) is 0 Å². The molecule has 0 spiro atoms. The molecule has 4 rings (SSSR count). The van der Waals surface area contributed by atoms with Gasteiger partial charge in [-0.2, -0.15) is 0 Å². The minimum absolute atomic E-state index is 0.378. The molecule has 4 aromatic carbocycles. The highest BCUT2D eigenvalue weighted by Crippen LogP contribution is 2.20. The summed E-state index contributed by atoms with van der Waals surface area (Å²) in [6, 6.07) is 30.6. The number of hydrogen-bond acceptors (Lipinski definition) is 4. The Morgan fingerprint density at radius 2 is 0.477 bits per heavy atom. The van der Waals surface area contributed by atoms with Gasteiger partial charge in [-0.1, -0.05) is 297 Å². The fourth-order valence-electron chi connectivity index (χ4n) is 10.7. The maximum absolute atomic E-state index is 9.42. The average Bonchev–Trinajstić information content (AvgIpc) is 3.54. The molecule has 0 unspecified atom stereocenters. The van der Waals surface area contributed by atoms with Crippen molar-refractivity contribution < 1.29 is 20.4 Å². The monoisotopic (exact) mass is 1210 g/mol. The van der Waals surface area contributed by atoms with E-state index >= 15 is 0 Å². The number of phenolic OH excluding ortho intramolecular Hbond substituents is 4. The number of rotatable bonds is 51. The van der Waals surface area contributed by atoms with Gasteiger partial charge in [-0.3, -0.25) is 0 Å². The van der Waals surface area contributed by atoms with Gasteiger partial charge in [0.1, 0.15) is 23.0 Å². The third-order valence-electron chi connectivity index (χ3n) is 16.1. The van der Waals surface area contributed by atoms with Crippen molar-refractivity contribution in [3.05, 3.63) is 193 Å². The van der Waals surface area contributed by atoms with Gasteiger partial charge >= 0.3 is 0 Å². The lowest BCUT2D eigenvalue weighted by Gasteiger charge is -2.04. The predicted molar refractivity (Wildman–Crippen MR) is 389 cm³/mol. The Bertz CT molecular complexity index is 2280. The second kappa shape index (κ2) is 64.5. The molecule has 0 fully saturated rings. The van der Waals surface area contributed by atoms with Crippen LogP contribution in [0.1, 0.15) is 306 Å². The first-order valence-corrected chi connectivity index (χ1v) is 36.3. The summed E-state index contributed by atoms with van der Waals surface area (Å²) in [4.78, 5) is 0. The summed E-state index contributed by atoms with van der Waals surface area (Å²) in [6.07, 6.45) is 82.6. The first kappa shape index (κ1) is 80.5. The maximum atomic E-state index is 9.42. The van der Waals surface area contributed by atoms with Gasteiger partial charge in [0.25, 0.3) is 0 Å². The summed E-state index contributed by atoms with van der Waals surface area (Å²) in [6.45, 7) is 10.4. The van der Waals surface area contributed by atoms with E-state index in [4.69, 9.17) is 0 Å². The molecule has 4 N–H and O–H groups in total. The highest BCUT2D eigenvalue weighted by atomic mass is 16.3. The van der Waals surface area contributed by atoms with Crippen LogP contribution in [0.2, 0.25) is 0 Å². The Hall–Kier alpha value is -5.48. The number of aromatic hydroxyl groups is 4. The Labute approximate surface area is 543 Å². The first-order valence-electron chi connectivity index (χ1n) is 36.3. The van der Waals surface area contributed by atoms with Crippen LogP contribution in [0.5, 0.6) is 23.0 Å².